The molecule has 11 heavy (non-hydrogen) atoms. The summed E-state index contributed by atoms with van der Waals surface area (Å²) in [5, 5.41) is 8.65. The van der Waals surface area contributed by atoms with E-state index < -0.39 is 21.4 Å². The Bertz CT molecular complexity index is 313. The fraction of sp³-hybridized carbons (Fsp3) is 0.800. The van der Waals surface area contributed by atoms with Gasteiger partial charge in [0.15, 0.2) is 0 Å². The van der Waals surface area contributed by atoms with Gasteiger partial charge in [-0.3, -0.25) is 4.79 Å². The lowest BCUT2D eigenvalue weighted by atomic mass is 9.84. The van der Waals surface area contributed by atoms with E-state index in [1.165, 1.54) is 4.31 Å². The summed E-state index contributed by atoms with van der Waals surface area (Å²) in [6, 6.07) is 0. The van der Waals surface area contributed by atoms with E-state index >= 15 is 0 Å². The van der Waals surface area contributed by atoms with Crippen molar-refractivity contribution in [2.75, 3.05) is 18.8 Å². The molecule has 0 unspecified atom stereocenters. The molecular weight excluding hydrogens is 170 g/mol. The van der Waals surface area contributed by atoms with Gasteiger partial charge in [-0.25, -0.2) is 8.42 Å². The monoisotopic (exact) mass is 177 g/mol. The van der Waals surface area contributed by atoms with Gasteiger partial charge in [0.1, 0.15) is 5.41 Å². The Morgan fingerprint density at radius 1 is 1.45 bits per heavy atom. The first kappa shape index (κ1) is 7.05. The van der Waals surface area contributed by atoms with Crippen molar-refractivity contribution in [1.29, 1.82) is 0 Å². The van der Waals surface area contributed by atoms with Crippen LogP contribution in [-0.2, 0) is 14.8 Å². The lowest BCUT2D eigenvalue weighted by molar-refractivity contribution is -0.151. The van der Waals surface area contributed by atoms with E-state index in [9.17, 15) is 13.2 Å². The number of hydrogen-bond donors (Lipinski definition) is 1. The maximum Gasteiger partial charge on any atom is 0.313 e. The number of aliphatic carboxylic acids is 1. The molecule has 3 heterocycles. The summed E-state index contributed by atoms with van der Waals surface area (Å²) in [5.74, 6) is -1.20. The molecular formula is C5H7NO4S. The van der Waals surface area contributed by atoms with Crippen LogP contribution in [0.4, 0.5) is 0 Å². The molecule has 0 spiro atoms. The first-order valence-corrected chi connectivity index (χ1v) is 4.78. The van der Waals surface area contributed by atoms with Crippen molar-refractivity contribution in [3.63, 3.8) is 0 Å². The third-order valence-corrected chi connectivity index (χ3v) is 4.23. The Labute approximate surface area is 63.7 Å². The first-order chi connectivity index (χ1) is 4.96. The minimum absolute atomic E-state index is 0.171. The van der Waals surface area contributed by atoms with Gasteiger partial charge in [0.25, 0.3) is 0 Å². The number of carbonyl (C=O) groups is 1. The third-order valence-electron chi connectivity index (χ3n) is 2.26. The lowest BCUT2D eigenvalue weighted by Crippen LogP contribution is -2.52. The van der Waals surface area contributed by atoms with Gasteiger partial charge >= 0.3 is 5.97 Å². The predicted octanol–water partition coefficient (Wildman–Crippen LogP) is -1.28. The molecule has 3 fully saturated rings. The van der Waals surface area contributed by atoms with Gasteiger partial charge < -0.3 is 5.11 Å². The summed E-state index contributed by atoms with van der Waals surface area (Å²) >= 11 is 0. The molecule has 0 aromatic carbocycles. The van der Waals surface area contributed by atoms with Crippen LogP contribution in [0.2, 0.25) is 0 Å². The van der Waals surface area contributed by atoms with E-state index in [1.54, 1.807) is 0 Å². The number of fused-ring (bicyclic) bond motifs is 1. The van der Waals surface area contributed by atoms with E-state index in [1.807, 2.05) is 0 Å². The quantitative estimate of drug-likeness (QED) is 0.541. The largest absolute Gasteiger partial charge is 0.481 e. The van der Waals surface area contributed by atoms with Gasteiger partial charge in [-0.2, -0.15) is 4.31 Å². The molecule has 6 heteroatoms. The highest BCUT2D eigenvalue weighted by molar-refractivity contribution is 7.89. The molecule has 5 nitrogen and oxygen atoms in total. The number of hydrogen-bond acceptors (Lipinski definition) is 3. The topological polar surface area (TPSA) is 74.7 Å². The summed E-state index contributed by atoms with van der Waals surface area (Å²) < 4.78 is 23.2. The van der Waals surface area contributed by atoms with Crippen LogP contribution in [0.25, 0.3) is 0 Å². The molecule has 2 bridgehead atoms. The van der Waals surface area contributed by atoms with E-state index in [-0.39, 0.29) is 18.8 Å². The standard InChI is InChI=1S/C5H7NO4S/c7-4(8)5-1-6(2-5)11(9,10)3-5/h1-3H2,(H,7,8). The maximum absolute atomic E-state index is 11.0. The molecule has 3 saturated heterocycles. The zero-order valence-corrected chi connectivity index (χ0v) is 6.47. The summed E-state index contributed by atoms with van der Waals surface area (Å²) in [4.78, 5) is 10.6. The molecule has 62 valence electrons. The van der Waals surface area contributed by atoms with Gasteiger partial charge in [0, 0.05) is 13.1 Å². The number of nitrogens with zero attached hydrogens (tertiary/aromatic N) is 1. The highest BCUT2D eigenvalue weighted by Gasteiger charge is 2.63. The molecule has 3 rings (SSSR count). The third kappa shape index (κ3) is 0.681. The Hall–Kier alpha value is -0.620. The number of carboxylic acid groups (broad SMARTS) is 1. The Balaban J connectivity index is 2.37. The van der Waals surface area contributed by atoms with Crippen molar-refractivity contribution in [2.45, 2.75) is 0 Å². The predicted molar refractivity (Wildman–Crippen MR) is 35.4 cm³/mol. The molecule has 0 radical (unpaired) electrons. The second kappa shape index (κ2) is 1.59. The van der Waals surface area contributed by atoms with E-state index in [0.717, 1.165) is 0 Å². The Morgan fingerprint density at radius 3 is 2.18 bits per heavy atom. The highest BCUT2D eigenvalue weighted by Crippen LogP contribution is 2.42. The van der Waals surface area contributed by atoms with Crippen molar-refractivity contribution in [3.05, 3.63) is 0 Å². The Kier molecular flexibility index (Phi) is 1.02. The van der Waals surface area contributed by atoms with Crippen LogP contribution < -0.4 is 0 Å². The van der Waals surface area contributed by atoms with Crippen LogP contribution in [0.15, 0.2) is 0 Å². The minimum atomic E-state index is -3.20. The van der Waals surface area contributed by atoms with Gasteiger partial charge in [-0.15, -0.1) is 0 Å². The van der Waals surface area contributed by atoms with E-state index in [2.05, 4.69) is 0 Å². The zero-order valence-electron chi connectivity index (χ0n) is 5.65. The molecule has 0 amide bonds. The van der Waals surface area contributed by atoms with Crippen molar-refractivity contribution in [3.8, 4) is 0 Å². The molecule has 0 aromatic rings. The first-order valence-electron chi connectivity index (χ1n) is 3.18. The van der Waals surface area contributed by atoms with Crippen LogP contribution in [-0.4, -0.2) is 42.6 Å². The molecule has 0 aromatic heterocycles. The average molecular weight is 177 g/mol. The van der Waals surface area contributed by atoms with Crippen LogP contribution in [0.3, 0.4) is 0 Å². The van der Waals surface area contributed by atoms with E-state index in [0.29, 0.717) is 0 Å². The normalized spacial score (nSPS) is 44.9. The number of carboxylic acids is 1. The van der Waals surface area contributed by atoms with Crippen LogP contribution >= 0.6 is 0 Å². The summed E-state index contributed by atoms with van der Waals surface area (Å²) in [7, 11) is -3.20. The SMILES string of the molecule is O=C(O)C12CN(C1)S(=O)(=O)C2. The number of sulfonamides is 1. The number of rotatable bonds is 1. The summed E-state index contributed by atoms with van der Waals surface area (Å²) in [6.07, 6.45) is 0. The van der Waals surface area contributed by atoms with Crippen molar-refractivity contribution in [2.24, 2.45) is 5.41 Å². The maximum atomic E-state index is 11.0. The van der Waals surface area contributed by atoms with Crippen LogP contribution in [0.5, 0.6) is 0 Å². The minimum Gasteiger partial charge on any atom is -0.481 e. The molecule has 3 aliphatic rings. The fourth-order valence-corrected chi connectivity index (χ4v) is 3.63. The molecule has 0 saturated carbocycles. The van der Waals surface area contributed by atoms with Crippen molar-refractivity contribution < 1.29 is 18.3 Å². The van der Waals surface area contributed by atoms with Crippen LogP contribution in [0.1, 0.15) is 0 Å². The highest BCUT2D eigenvalue weighted by atomic mass is 32.2. The van der Waals surface area contributed by atoms with Crippen LogP contribution in [0, 0.1) is 5.41 Å². The molecule has 0 aliphatic carbocycles. The van der Waals surface area contributed by atoms with Crippen molar-refractivity contribution in [1.82, 2.24) is 4.31 Å². The Morgan fingerprint density at radius 2 is 2.00 bits per heavy atom. The van der Waals surface area contributed by atoms with Gasteiger partial charge in [0.05, 0.1) is 5.75 Å². The second-order valence-corrected chi connectivity index (χ2v) is 5.08. The lowest BCUT2D eigenvalue weighted by Gasteiger charge is -2.32. The van der Waals surface area contributed by atoms with Crippen molar-refractivity contribution >= 4 is 16.0 Å². The molecule has 1 N–H and O–H groups in total. The summed E-state index contributed by atoms with van der Waals surface area (Å²) in [5.41, 5.74) is -0.973. The fourth-order valence-electron chi connectivity index (χ4n) is 1.55. The smallest absolute Gasteiger partial charge is 0.313 e. The van der Waals surface area contributed by atoms with Gasteiger partial charge in [0.2, 0.25) is 10.0 Å². The van der Waals surface area contributed by atoms with E-state index in [4.69, 9.17) is 5.11 Å². The molecule has 3 aliphatic heterocycles. The second-order valence-electron chi connectivity index (χ2n) is 3.11. The zero-order chi connectivity index (χ0) is 8.28. The molecule has 0 atom stereocenters. The average Bonchev–Trinajstić information content (AvgIpc) is 2.11. The van der Waals surface area contributed by atoms with Gasteiger partial charge in [-0.1, -0.05) is 0 Å². The summed E-state index contributed by atoms with van der Waals surface area (Å²) in [6.45, 7) is 0.343. The van der Waals surface area contributed by atoms with Gasteiger partial charge in [-0.05, 0) is 0 Å².